The summed E-state index contributed by atoms with van der Waals surface area (Å²) in [5.74, 6) is 1.89. The predicted octanol–water partition coefficient (Wildman–Crippen LogP) is 1.02. The zero-order valence-electron chi connectivity index (χ0n) is 7.01. The third-order valence-corrected chi connectivity index (χ3v) is 2.83. The van der Waals surface area contributed by atoms with Crippen LogP contribution in [0.1, 0.15) is 19.3 Å². The van der Waals surface area contributed by atoms with Crippen molar-refractivity contribution < 1.29 is 4.74 Å². The van der Waals surface area contributed by atoms with Gasteiger partial charge in [0.15, 0.2) is 0 Å². The number of ether oxygens (including phenoxy) is 1. The summed E-state index contributed by atoms with van der Waals surface area (Å²) in [6, 6.07) is 0. The molecule has 2 aliphatic heterocycles. The van der Waals surface area contributed by atoms with Crippen LogP contribution in [0.25, 0.3) is 0 Å². The van der Waals surface area contributed by atoms with Gasteiger partial charge in [-0.15, -0.1) is 0 Å². The Hall–Kier alpha value is -0.0800. The molecule has 2 rings (SSSR count). The summed E-state index contributed by atoms with van der Waals surface area (Å²) >= 11 is 0. The molecule has 2 heterocycles. The van der Waals surface area contributed by atoms with E-state index in [1.165, 1.54) is 32.4 Å². The first-order valence-corrected chi connectivity index (χ1v) is 4.73. The van der Waals surface area contributed by atoms with E-state index >= 15 is 0 Å². The molecule has 2 saturated heterocycles. The number of nitrogens with one attached hydrogen (secondary N) is 1. The van der Waals surface area contributed by atoms with Gasteiger partial charge in [-0.2, -0.15) is 0 Å². The highest BCUT2D eigenvalue weighted by Crippen LogP contribution is 2.25. The number of rotatable bonds is 2. The second kappa shape index (κ2) is 3.55. The summed E-state index contributed by atoms with van der Waals surface area (Å²) in [6.45, 7) is 4.53. The van der Waals surface area contributed by atoms with E-state index in [0.717, 1.165) is 25.0 Å². The average molecular weight is 155 g/mol. The normalized spacial score (nSPS) is 28.4. The quantitative estimate of drug-likeness (QED) is 0.643. The zero-order chi connectivity index (χ0) is 7.52. The van der Waals surface area contributed by atoms with E-state index in [1.807, 2.05) is 0 Å². The Labute approximate surface area is 68.3 Å². The SMILES string of the molecule is C1CC(CC2COC2)CCN1. The molecule has 0 amide bonds. The van der Waals surface area contributed by atoms with Crippen LogP contribution in [0.3, 0.4) is 0 Å². The molecule has 0 bridgehead atoms. The minimum atomic E-state index is 0.901. The molecule has 0 unspecified atom stereocenters. The van der Waals surface area contributed by atoms with Gasteiger partial charge in [0.05, 0.1) is 13.2 Å². The molecule has 0 aromatic heterocycles. The van der Waals surface area contributed by atoms with E-state index in [2.05, 4.69) is 5.32 Å². The van der Waals surface area contributed by atoms with Crippen LogP contribution in [0.15, 0.2) is 0 Å². The van der Waals surface area contributed by atoms with Gasteiger partial charge in [0, 0.05) is 5.92 Å². The van der Waals surface area contributed by atoms with Gasteiger partial charge in [0.1, 0.15) is 0 Å². The maximum Gasteiger partial charge on any atom is 0.0516 e. The lowest BCUT2D eigenvalue weighted by Crippen LogP contribution is -2.34. The standard InChI is InChI=1S/C9H17NO/c1-3-10-4-2-8(1)5-9-6-11-7-9/h8-10H,1-7H2. The van der Waals surface area contributed by atoms with Crippen molar-refractivity contribution in [3.05, 3.63) is 0 Å². The van der Waals surface area contributed by atoms with Crippen molar-refractivity contribution in [3.63, 3.8) is 0 Å². The van der Waals surface area contributed by atoms with Crippen LogP contribution >= 0.6 is 0 Å². The monoisotopic (exact) mass is 155 g/mol. The van der Waals surface area contributed by atoms with Gasteiger partial charge in [0.2, 0.25) is 0 Å². The smallest absolute Gasteiger partial charge is 0.0516 e. The first-order valence-electron chi connectivity index (χ1n) is 4.73. The minimum Gasteiger partial charge on any atom is -0.381 e. The van der Waals surface area contributed by atoms with Gasteiger partial charge in [-0.3, -0.25) is 0 Å². The van der Waals surface area contributed by atoms with Crippen molar-refractivity contribution >= 4 is 0 Å². The van der Waals surface area contributed by atoms with Crippen molar-refractivity contribution in [2.75, 3.05) is 26.3 Å². The third-order valence-electron chi connectivity index (χ3n) is 2.83. The van der Waals surface area contributed by atoms with Gasteiger partial charge < -0.3 is 10.1 Å². The van der Waals surface area contributed by atoms with Crippen molar-refractivity contribution in [1.29, 1.82) is 0 Å². The topological polar surface area (TPSA) is 21.3 Å². The Morgan fingerprint density at radius 2 is 1.82 bits per heavy atom. The fraction of sp³-hybridized carbons (Fsp3) is 1.00. The molecular weight excluding hydrogens is 138 g/mol. The molecule has 2 aliphatic rings. The van der Waals surface area contributed by atoms with Crippen molar-refractivity contribution in [2.45, 2.75) is 19.3 Å². The summed E-state index contributed by atoms with van der Waals surface area (Å²) in [6.07, 6.45) is 4.19. The lowest BCUT2D eigenvalue weighted by molar-refractivity contribution is -0.0441. The Bertz CT molecular complexity index is 117. The minimum absolute atomic E-state index is 0.901. The zero-order valence-corrected chi connectivity index (χ0v) is 7.01. The highest BCUT2D eigenvalue weighted by Gasteiger charge is 2.23. The van der Waals surface area contributed by atoms with Gasteiger partial charge in [-0.1, -0.05) is 0 Å². The molecule has 2 nitrogen and oxygen atoms in total. The molecule has 64 valence electrons. The summed E-state index contributed by atoms with van der Waals surface area (Å²) < 4.78 is 5.16. The first kappa shape index (κ1) is 7.56. The van der Waals surface area contributed by atoms with Crippen LogP contribution < -0.4 is 5.32 Å². The van der Waals surface area contributed by atoms with Gasteiger partial charge in [-0.25, -0.2) is 0 Å². The lowest BCUT2D eigenvalue weighted by Gasteiger charge is -2.31. The van der Waals surface area contributed by atoms with E-state index < -0.39 is 0 Å². The van der Waals surface area contributed by atoms with E-state index in [4.69, 9.17) is 4.74 Å². The molecule has 0 atom stereocenters. The number of piperidine rings is 1. The Morgan fingerprint density at radius 1 is 1.09 bits per heavy atom. The second-order valence-corrected chi connectivity index (χ2v) is 3.83. The van der Waals surface area contributed by atoms with Gasteiger partial charge in [-0.05, 0) is 38.3 Å². The van der Waals surface area contributed by atoms with Crippen LogP contribution in [-0.4, -0.2) is 26.3 Å². The summed E-state index contributed by atoms with van der Waals surface area (Å²) in [5, 5.41) is 3.39. The average Bonchev–Trinajstić information content (AvgIpc) is 1.99. The molecule has 0 aliphatic carbocycles. The largest absolute Gasteiger partial charge is 0.381 e. The van der Waals surface area contributed by atoms with Gasteiger partial charge in [0.25, 0.3) is 0 Å². The maximum atomic E-state index is 5.16. The molecule has 0 aromatic carbocycles. The molecule has 0 radical (unpaired) electrons. The highest BCUT2D eigenvalue weighted by molar-refractivity contribution is 4.74. The van der Waals surface area contributed by atoms with Crippen molar-refractivity contribution in [2.24, 2.45) is 11.8 Å². The Kier molecular flexibility index (Phi) is 2.44. The summed E-state index contributed by atoms with van der Waals surface area (Å²) in [7, 11) is 0. The summed E-state index contributed by atoms with van der Waals surface area (Å²) in [5.41, 5.74) is 0. The van der Waals surface area contributed by atoms with Crippen LogP contribution in [-0.2, 0) is 4.74 Å². The Morgan fingerprint density at radius 3 is 2.36 bits per heavy atom. The molecule has 2 fully saturated rings. The Balaban J connectivity index is 1.67. The van der Waals surface area contributed by atoms with Crippen LogP contribution in [0.5, 0.6) is 0 Å². The fourth-order valence-electron chi connectivity index (χ4n) is 2.01. The predicted molar refractivity (Wildman–Crippen MR) is 44.5 cm³/mol. The van der Waals surface area contributed by atoms with E-state index in [1.54, 1.807) is 0 Å². The molecule has 1 N–H and O–H groups in total. The first-order chi connectivity index (χ1) is 5.45. The highest BCUT2D eigenvalue weighted by atomic mass is 16.5. The lowest BCUT2D eigenvalue weighted by atomic mass is 9.87. The number of hydrogen-bond donors (Lipinski definition) is 1. The molecule has 11 heavy (non-hydrogen) atoms. The molecule has 0 saturated carbocycles. The van der Waals surface area contributed by atoms with Crippen LogP contribution in [0, 0.1) is 11.8 Å². The van der Waals surface area contributed by atoms with Crippen LogP contribution in [0.2, 0.25) is 0 Å². The molecule has 0 aromatic rings. The third kappa shape index (κ3) is 1.94. The fourth-order valence-corrected chi connectivity index (χ4v) is 2.01. The van der Waals surface area contributed by atoms with Crippen molar-refractivity contribution in [3.8, 4) is 0 Å². The molecule has 0 spiro atoms. The molecule has 2 heteroatoms. The van der Waals surface area contributed by atoms with E-state index in [9.17, 15) is 0 Å². The summed E-state index contributed by atoms with van der Waals surface area (Å²) in [4.78, 5) is 0. The van der Waals surface area contributed by atoms with Crippen LogP contribution in [0.4, 0.5) is 0 Å². The van der Waals surface area contributed by atoms with E-state index in [0.29, 0.717) is 0 Å². The maximum absolute atomic E-state index is 5.16. The van der Waals surface area contributed by atoms with Crippen molar-refractivity contribution in [1.82, 2.24) is 5.32 Å². The second-order valence-electron chi connectivity index (χ2n) is 3.83. The number of hydrogen-bond acceptors (Lipinski definition) is 2. The van der Waals surface area contributed by atoms with E-state index in [-0.39, 0.29) is 0 Å². The molecular formula is C9H17NO. The van der Waals surface area contributed by atoms with Gasteiger partial charge >= 0.3 is 0 Å².